The Morgan fingerprint density at radius 1 is 1.33 bits per heavy atom. The van der Waals surface area contributed by atoms with Crippen LogP contribution < -0.4 is 15.8 Å². The maximum absolute atomic E-state index is 11.6. The van der Waals surface area contributed by atoms with Crippen LogP contribution in [-0.2, 0) is 11.3 Å². The van der Waals surface area contributed by atoms with E-state index in [1.807, 2.05) is 22.9 Å². The lowest BCUT2D eigenvalue weighted by Gasteiger charge is -2.09. The molecule has 6 nitrogen and oxygen atoms in total. The Balaban J connectivity index is 1.56. The van der Waals surface area contributed by atoms with Crippen molar-refractivity contribution in [3.63, 3.8) is 0 Å². The molecule has 2 rings (SSSR count). The number of nitrogens with two attached hydrogens (primary N) is 1. The minimum absolute atomic E-state index is 0.0181. The maximum atomic E-state index is 11.6. The molecule has 0 saturated carbocycles. The van der Waals surface area contributed by atoms with Gasteiger partial charge < -0.3 is 20.4 Å². The summed E-state index contributed by atoms with van der Waals surface area (Å²) in [5, 5.41) is 2.82. The average molecular weight is 288 g/mol. The number of amides is 1. The lowest BCUT2D eigenvalue weighted by Crippen LogP contribution is -2.29. The van der Waals surface area contributed by atoms with E-state index in [1.54, 1.807) is 24.7 Å². The Hall–Kier alpha value is -2.50. The second kappa shape index (κ2) is 7.94. The van der Waals surface area contributed by atoms with Crippen molar-refractivity contribution in [2.24, 2.45) is 0 Å². The fraction of sp³-hybridized carbons (Fsp3) is 0.333. The quantitative estimate of drug-likeness (QED) is 0.569. The van der Waals surface area contributed by atoms with Gasteiger partial charge in [0, 0.05) is 25.5 Å². The molecule has 0 aliphatic rings. The fourth-order valence-electron chi connectivity index (χ4n) is 1.87. The number of nitrogens with zero attached hydrogens (tertiary/aromatic N) is 2. The number of imidazole rings is 1. The summed E-state index contributed by atoms with van der Waals surface area (Å²) in [4.78, 5) is 15.6. The van der Waals surface area contributed by atoms with Crippen LogP contribution >= 0.6 is 0 Å². The third-order valence-corrected chi connectivity index (χ3v) is 3.00. The number of nitrogens with one attached hydrogen (secondary N) is 1. The van der Waals surface area contributed by atoms with Gasteiger partial charge in [-0.05, 0) is 25.0 Å². The number of rotatable bonds is 8. The van der Waals surface area contributed by atoms with E-state index in [9.17, 15) is 4.79 Å². The van der Waals surface area contributed by atoms with E-state index < -0.39 is 0 Å². The number of nitrogen functional groups attached to an aromatic ring is 1. The number of ether oxygens (including phenoxy) is 1. The fourth-order valence-corrected chi connectivity index (χ4v) is 1.87. The van der Waals surface area contributed by atoms with Gasteiger partial charge in [-0.15, -0.1) is 0 Å². The molecule has 0 fully saturated rings. The number of hydrogen-bond acceptors (Lipinski definition) is 4. The summed E-state index contributed by atoms with van der Waals surface area (Å²) in [5.74, 6) is 0.397. The van der Waals surface area contributed by atoms with Crippen LogP contribution in [0.1, 0.15) is 12.8 Å². The number of carbonyl (C=O) groups excluding carboxylic acids is 1. The van der Waals surface area contributed by atoms with E-state index in [0.717, 1.165) is 19.4 Å². The highest BCUT2D eigenvalue weighted by Crippen LogP contribution is 2.19. The van der Waals surface area contributed by atoms with Crippen LogP contribution in [0.4, 0.5) is 5.69 Å². The molecule has 21 heavy (non-hydrogen) atoms. The van der Waals surface area contributed by atoms with Crippen molar-refractivity contribution >= 4 is 11.6 Å². The zero-order valence-corrected chi connectivity index (χ0v) is 11.9. The molecule has 1 aromatic carbocycles. The molecular formula is C15H20N4O2. The monoisotopic (exact) mass is 288 g/mol. The highest BCUT2D eigenvalue weighted by Gasteiger charge is 2.04. The van der Waals surface area contributed by atoms with Crippen LogP contribution in [0.3, 0.4) is 0 Å². The Labute approximate surface area is 123 Å². The molecule has 0 atom stereocenters. The van der Waals surface area contributed by atoms with Crippen molar-refractivity contribution in [2.45, 2.75) is 19.4 Å². The number of para-hydroxylation sites is 2. The Morgan fingerprint density at radius 2 is 2.19 bits per heavy atom. The second-order valence-corrected chi connectivity index (χ2v) is 4.68. The average Bonchev–Trinajstić information content (AvgIpc) is 2.99. The first-order chi connectivity index (χ1) is 10.3. The molecule has 1 heterocycles. The number of aromatic nitrogens is 2. The predicted molar refractivity (Wildman–Crippen MR) is 80.8 cm³/mol. The van der Waals surface area contributed by atoms with Gasteiger partial charge in [-0.25, -0.2) is 4.98 Å². The van der Waals surface area contributed by atoms with Crippen LogP contribution in [0, 0.1) is 0 Å². The molecule has 0 saturated heterocycles. The largest absolute Gasteiger partial charge is 0.482 e. The van der Waals surface area contributed by atoms with Gasteiger partial charge in [-0.2, -0.15) is 0 Å². The van der Waals surface area contributed by atoms with Crippen LogP contribution in [0.2, 0.25) is 0 Å². The molecule has 112 valence electrons. The van der Waals surface area contributed by atoms with Crippen molar-refractivity contribution in [3.8, 4) is 5.75 Å². The summed E-state index contributed by atoms with van der Waals surface area (Å²) in [6.45, 7) is 1.53. The van der Waals surface area contributed by atoms with Gasteiger partial charge in [0.2, 0.25) is 0 Å². The maximum Gasteiger partial charge on any atom is 0.257 e. The predicted octanol–water partition coefficient (Wildman–Crippen LogP) is 1.44. The molecule has 1 amide bonds. The van der Waals surface area contributed by atoms with Gasteiger partial charge in [0.05, 0.1) is 12.0 Å². The Kier molecular flexibility index (Phi) is 5.63. The lowest BCUT2D eigenvalue weighted by molar-refractivity contribution is -0.123. The molecule has 2 aromatic rings. The Bertz CT molecular complexity index is 555. The van der Waals surface area contributed by atoms with Crippen LogP contribution in [-0.4, -0.2) is 28.6 Å². The summed E-state index contributed by atoms with van der Waals surface area (Å²) in [7, 11) is 0. The zero-order valence-electron chi connectivity index (χ0n) is 11.9. The number of anilines is 1. The van der Waals surface area contributed by atoms with Gasteiger partial charge in [0.15, 0.2) is 6.61 Å². The molecule has 0 radical (unpaired) electrons. The van der Waals surface area contributed by atoms with Gasteiger partial charge in [-0.3, -0.25) is 4.79 Å². The third-order valence-electron chi connectivity index (χ3n) is 3.00. The zero-order chi connectivity index (χ0) is 14.9. The van der Waals surface area contributed by atoms with Crippen molar-refractivity contribution in [2.75, 3.05) is 18.9 Å². The summed E-state index contributed by atoms with van der Waals surface area (Å²) >= 11 is 0. The number of aryl methyl sites for hydroxylation is 1. The SMILES string of the molecule is Nc1ccccc1OCC(=O)NCCCCn1ccnc1. The molecule has 6 heteroatoms. The molecule has 0 bridgehead atoms. The van der Waals surface area contributed by atoms with Crippen molar-refractivity contribution < 1.29 is 9.53 Å². The summed E-state index contributed by atoms with van der Waals surface area (Å²) in [6.07, 6.45) is 7.38. The molecule has 0 spiro atoms. The first-order valence-corrected chi connectivity index (χ1v) is 6.95. The third kappa shape index (κ3) is 5.18. The van der Waals surface area contributed by atoms with E-state index in [0.29, 0.717) is 18.0 Å². The van der Waals surface area contributed by atoms with E-state index in [1.165, 1.54) is 0 Å². The highest BCUT2D eigenvalue weighted by atomic mass is 16.5. The van der Waals surface area contributed by atoms with E-state index in [2.05, 4.69) is 10.3 Å². The molecule has 0 unspecified atom stereocenters. The van der Waals surface area contributed by atoms with Crippen LogP contribution in [0.5, 0.6) is 5.75 Å². The summed E-state index contributed by atoms with van der Waals surface area (Å²) < 4.78 is 7.38. The normalized spacial score (nSPS) is 10.3. The number of hydrogen-bond donors (Lipinski definition) is 2. The molecule has 1 aromatic heterocycles. The molecule has 3 N–H and O–H groups in total. The summed E-state index contributed by atoms with van der Waals surface area (Å²) in [6, 6.07) is 7.12. The molecular weight excluding hydrogens is 268 g/mol. The van der Waals surface area contributed by atoms with Crippen molar-refractivity contribution in [1.82, 2.24) is 14.9 Å². The van der Waals surface area contributed by atoms with E-state index >= 15 is 0 Å². The number of carbonyl (C=O) groups is 1. The number of unbranched alkanes of at least 4 members (excludes halogenated alkanes) is 1. The first-order valence-electron chi connectivity index (χ1n) is 6.95. The minimum atomic E-state index is -0.138. The summed E-state index contributed by atoms with van der Waals surface area (Å²) in [5.41, 5.74) is 6.26. The lowest BCUT2D eigenvalue weighted by atomic mass is 10.3. The Morgan fingerprint density at radius 3 is 2.95 bits per heavy atom. The second-order valence-electron chi connectivity index (χ2n) is 4.68. The van der Waals surface area contributed by atoms with Gasteiger partial charge >= 0.3 is 0 Å². The smallest absolute Gasteiger partial charge is 0.257 e. The first kappa shape index (κ1) is 14.9. The van der Waals surface area contributed by atoms with Crippen molar-refractivity contribution in [1.29, 1.82) is 0 Å². The van der Waals surface area contributed by atoms with Gasteiger partial charge in [0.1, 0.15) is 5.75 Å². The minimum Gasteiger partial charge on any atom is -0.482 e. The number of benzene rings is 1. The topological polar surface area (TPSA) is 82.2 Å². The van der Waals surface area contributed by atoms with Crippen LogP contribution in [0.25, 0.3) is 0 Å². The molecule has 0 aliphatic carbocycles. The van der Waals surface area contributed by atoms with Crippen molar-refractivity contribution in [3.05, 3.63) is 43.0 Å². The highest BCUT2D eigenvalue weighted by molar-refractivity contribution is 5.77. The standard InChI is InChI=1S/C15H20N4O2/c16-13-5-1-2-6-14(13)21-11-15(20)18-7-3-4-9-19-10-8-17-12-19/h1-2,5-6,8,10,12H,3-4,7,9,11,16H2,(H,18,20). The van der Waals surface area contributed by atoms with Gasteiger partial charge in [0.25, 0.3) is 5.91 Å². The van der Waals surface area contributed by atoms with Crippen LogP contribution in [0.15, 0.2) is 43.0 Å². The van der Waals surface area contributed by atoms with E-state index in [-0.39, 0.29) is 12.5 Å². The van der Waals surface area contributed by atoms with Gasteiger partial charge in [-0.1, -0.05) is 12.1 Å². The molecule has 0 aliphatic heterocycles. The van der Waals surface area contributed by atoms with E-state index in [4.69, 9.17) is 10.5 Å².